The molecular formula is C13H24N2O4S. The van der Waals surface area contributed by atoms with Crippen molar-refractivity contribution in [2.45, 2.75) is 19.8 Å². The fourth-order valence-corrected chi connectivity index (χ4v) is 4.32. The third-order valence-electron chi connectivity index (χ3n) is 4.47. The Morgan fingerprint density at radius 2 is 2.00 bits per heavy atom. The Morgan fingerprint density at radius 1 is 1.30 bits per heavy atom. The molecule has 0 aromatic rings. The molecule has 2 aliphatic heterocycles. The zero-order valence-electron chi connectivity index (χ0n) is 12.2. The van der Waals surface area contributed by atoms with E-state index in [0.29, 0.717) is 25.6 Å². The molecule has 7 heteroatoms. The fourth-order valence-electron chi connectivity index (χ4n) is 3.38. The third-order valence-corrected chi connectivity index (χ3v) is 5.74. The number of aliphatic carboxylic acids is 1. The van der Waals surface area contributed by atoms with Gasteiger partial charge in [0.25, 0.3) is 0 Å². The molecule has 1 unspecified atom stereocenters. The predicted octanol–water partition coefficient (Wildman–Crippen LogP) is 0.311. The first-order valence-corrected chi connectivity index (χ1v) is 9.02. The largest absolute Gasteiger partial charge is 0.481 e. The minimum Gasteiger partial charge on any atom is -0.481 e. The van der Waals surface area contributed by atoms with E-state index < -0.39 is 16.0 Å². The summed E-state index contributed by atoms with van der Waals surface area (Å²) in [7, 11) is -3.11. The summed E-state index contributed by atoms with van der Waals surface area (Å²) >= 11 is 0. The number of carboxylic acid groups (broad SMARTS) is 1. The molecule has 0 radical (unpaired) electrons. The van der Waals surface area contributed by atoms with Crippen molar-refractivity contribution in [1.82, 2.24) is 9.21 Å². The van der Waals surface area contributed by atoms with Gasteiger partial charge >= 0.3 is 5.97 Å². The first kappa shape index (κ1) is 15.7. The van der Waals surface area contributed by atoms with E-state index in [0.717, 1.165) is 25.9 Å². The van der Waals surface area contributed by atoms with Crippen LogP contribution in [0.5, 0.6) is 0 Å². The molecule has 2 rings (SSSR count). The van der Waals surface area contributed by atoms with E-state index in [1.165, 1.54) is 6.26 Å². The van der Waals surface area contributed by atoms with Gasteiger partial charge in [0.05, 0.1) is 12.2 Å². The van der Waals surface area contributed by atoms with Crippen LogP contribution < -0.4 is 0 Å². The lowest BCUT2D eigenvalue weighted by Crippen LogP contribution is -2.43. The Balaban J connectivity index is 1.90. The quantitative estimate of drug-likeness (QED) is 0.809. The van der Waals surface area contributed by atoms with Crippen molar-refractivity contribution in [2.24, 2.45) is 17.8 Å². The zero-order chi connectivity index (χ0) is 14.9. The minimum atomic E-state index is -3.11. The van der Waals surface area contributed by atoms with E-state index >= 15 is 0 Å². The van der Waals surface area contributed by atoms with Gasteiger partial charge in [0.15, 0.2) is 0 Å². The van der Waals surface area contributed by atoms with Crippen LogP contribution in [0.4, 0.5) is 0 Å². The maximum Gasteiger partial charge on any atom is 0.308 e. The van der Waals surface area contributed by atoms with E-state index in [1.54, 1.807) is 4.31 Å². The van der Waals surface area contributed by atoms with Gasteiger partial charge in [0, 0.05) is 32.7 Å². The number of sulfonamides is 1. The number of piperidine rings is 1. The van der Waals surface area contributed by atoms with Crippen molar-refractivity contribution in [3.63, 3.8) is 0 Å². The second kappa shape index (κ2) is 5.99. The van der Waals surface area contributed by atoms with Crippen molar-refractivity contribution in [3.8, 4) is 0 Å². The number of hydrogen-bond donors (Lipinski definition) is 1. The van der Waals surface area contributed by atoms with Gasteiger partial charge in [-0.15, -0.1) is 0 Å². The zero-order valence-corrected chi connectivity index (χ0v) is 13.0. The third kappa shape index (κ3) is 3.71. The lowest BCUT2D eigenvalue weighted by atomic mass is 9.99. The van der Waals surface area contributed by atoms with Gasteiger partial charge in [-0.1, -0.05) is 6.92 Å². The SMILES string of the molecule is C[C@@H]1CN(CC2CCCN(S(C)(=O)=O)C2)C[C@H]1C(=O)O. The van der Waals surface area contributed by atoms with Crippen molar-refractivity contribution in [3.05, 3.63) is 0 Å². The Bertz CT molecular complexity index is 465. The van der Waals surface area contributed by atoms with Crippen LogP contribution in [0.15, 0.2) is 0 Å². The Kier molecular flexibility index (Phi) is 4.71. The van der Waals surface area contributed by atoms with Gasteiger partial charge in [-0.05, 0) is 24.7 Å². The topological polar surface area (TPSA) is 77.9 Å². The molecule has 0 aromatic carbocycles. The van der Waals surface area contributed by atoms with Crippen LogP contribution in [0.3, 0.4) is 0 Å². The molecule has 0 amide bonds. The molecule has 2 heterocycles. The monoisotopic (exact) mass is 304 g/mol. The molecule has 0 saturated carbocycles. The Labute approximate surface area is 120 Å². The van der Waals surface area contributed by atoms with Crippen LogP contribution >= 0.6 is 0 Å². The average molecular weight is 304 g/mol. The maximum atomic E-state index is 11.6. The second-order valence-corrected chi connectivity index (χ2v) is 8.25. The van der Waals surface area contributed by atoms with Gasteiger partial charge in [0.1, 0.15) is 0 Å². The van der Waals surface area contributed by atoms with Crippen LogP contribution in [0.2, 0.25) is 0 Å². The van der Waals surface area contributed by atoms with Crippen LogP contribution in [0.1, 0.15) is 19.8 Å². The number of nitrogens with zero attached hydrogens (tertiary/aromatic N) is 2. The molecule has 2 saturated heterocycles. The highest BCUT2D eigenvalue weighted by atomic mass is 32.2. The van der Waals surface area contributed by atoms with Gasteiger partial charge in [-0.25, -0.2) is 12.7 Å². The standard InChI is InChI=1S/C13H24N2O4S/c1-10-6-14(9-12(10)13(16)17)7-11-4-3-5-15(8-11)20(2,18)19/h10-12H,3-9H2,1-2H3,(H,16,17)/t10-,11?,12-/m1/s1. The number of likely N-dealkylation sites (tertiary alicyclic amines) is 1. The first-order valence-electron chi connectivity index (χ1n) is 7.17. The number of carbonyl (C=O) groups is 1. The van der Waals surface area contributed by atoms with Crippen LogP contribution in [-0.2, 0) is 14.8 Å². The summed E-state index contributed by atoms with van der Waals surface area (Å²) in [5.41, 5.74) is 0. The molecule has 116 valence electrons. The highest BCUT2D eigenvalue weighted by Gasteiger charge is 2.36. The van der Waals surface area contributed by atoms with E-state index in [9.17, 15) is 13.2 Å². The Morgan fingerprint density at radius 3 is 2.55 bits per heavy atom. The Hall–Kier alpha value is -0.660. The van der Waals surface area contributed by atoms with Crippen molar-refractivity contribution >= 4 is 16.0 Å². The van der Waals surface area contributed by atoms with Gasteiger partial charge in [-0.3, -0.25) is 4.79 Å². The van der Waals surface area contributed by atoms with Crippen LogP contribution in [0, 0.1) is 17.8 Å². The van der Waals surface area contributed by atoms with Gasteiger partial charge < -0.3 is 10.0 Å². The van der Waals surface area contributed by atoms with Crippen molar-refractivity contribution in [2.75, 3.05) is 39.0 Å². The molecule has 1 N–H and O–H groups in total. The summed E-state index contributed by atoms with van der Waals surface area (Å²) < 4.78 is 24.7. The summed E-state index contributed by atoms with van der Waals surface area (Å²) in [6, 6.07) is 0. The second-order valence-electron chi connectivity index (χ2n) is 6.27. The number of rotatable bonds is 4. The molecule has 0 bridgehead atoms. The highest BCUT2D eigenvalue weighted by Crippen LogP contribution is 2.26. The summed E-state index contributed by atoms with van der Waals surface area (Å²) in [4.78, 5) is 13.3. The highest BCUT2D eigenvalue weighted by molar-refractivity contribution is 7.88. The number of hydrogen-bond acceptors (Lipinski definition) is 4. The predicted molar refractivity (Wildman–Crippen MR) is 75.9 cm³/mol. The van der Waals surface area contributed by atoms with Crippen LogP contribution in [0.25, 0.3) is 0 Å². The van der Waals surface area contributed by atoms with Gasteiger partial charge in [-0.2, -0.15) is 0 Å². The van der Waals surface area contributed by atoms with Crippen LogP contribution in [-0.4, -0.2) is 67.7 Å². The van der Waals surface area contributed by atoms with E-state index in [1.807, 2.05) is 6.92 Å². The summed E-state index contributed by atoms with van der Waals surface area (Å²) in [5, 5.41) is 9.14. The molecule has 0 spiro atoms. The molecule has 2 aliphatic rings. The van der Waals surface area contributed by atoms with E-state index in [-0.39, 0.29) is 11.8 Å². The summed E-state index contributed by atoms with van der Waals surface area (Å²) in [5.74, 6) is -0.522. The molecular weight excluding hydrogens is 280 g/mol. The van der Waals surface area contributed by atoms with E-state index in [2.05, 4.69) is 4.90 Å². The number of carboxylic acids is 1. The summed E-state index contributed by atoms with van der Waals surface area (Å²) in [6.45, 7) is 5.35. The fraction of sp³-hybridized carbons (Fsp3) is 0.923. The molecule has 6 nitrogen and oxygen atoms in total. The normalized spacial score (nSPS) is 33.4. The maximum absolute atomic E-state index is 11.6. The van der Waals surface area contributed by atoms with E-state index in [4.69, 9.17) is 5.11 Å². The lowest BCUT2D eigenvalue weighted by molar-refractivity contribution is -0.142. The molecule has 2 fully saturated rings. The smallest absolute Gasteiger partial charge is 0.308 e. The van der Waals surface area contributed by atoms with Crippen molar-refractivity contribution in [1.29, 1.82) is 0 Å². The molecule has 0 aliphatic carbocycles. The van der Waals surface area contributed by atoms with Crippen molar-refractivity contribution < 1.29 is 18.3 Å². The lowest BCUT2D eigenvalue weighted by Gasteiger charge is -2.33. The molecule has 0 aromatic heterocycles. The minimum absolute atomic E-state index is 0.169. The first-order chi connectivity index (χ1) is 9.27. The van der Waals surface area contributed by atoms with Gasteiger partial charge in [0.2, 0.25) is 10.0 Å². The molecule has 20 heavy (non-hydrogen) atoms. The average Bonchev–Trinajstić information content (AvgIpc) is 2.69. The summed E-state index contributed by atoms with van der Waals surface area (Å²) in [6.07, 6.45) is 3.17. The molecule has 3 atom stereocenters.